The van der Waals surface area contributed by atoms with Gasteiger partial charge in [0.2, 0.25) is 0 Å². The molecule has 0 bridgehead atoms. The van der Waals surface area contributed by atoms with E-state index in [0.29, 0.717) is 5.56 Å². The Morgan fingerprint density at radius 3 is 2.71 bits per heavy atom. The van der Waals surface area contributed by atoms with Gasteiger partial charge in [-0.1, -0.05) is 0 Å². The lowest BCUT2D eigenvalue weighted by molar-refractivity contribution is 0.149. The lowest BCUT2D eigenvalue weighted by Crippen LogP contribution is -2.01. The van der Waals surface area contributed by atoms with Gasteiger partial charge in [-0.15, -0.1) is 11.6 Å². The molecule has 0 radical (unpaired) electrons. The molecule has 1 aromatic heterocycles. The Morgan fingerprint density at radius 2 is 2.29 bits per heavy atom. The van der Waals surface area contributed by atoms with Crippen LogP contribution < -0.4 is 0 Å². The molecule has 1 aromatic rings. The highest BCUT2D eigenvalue weighted by molar-refractivity contribution is 14.1. The van der Waals surface area contributed by atoms with Crippen LogP contribution in [0.5, 0.6) is 0 Å². The first-order valence-corrected chi connectivity index (χ1v) is 5.14. The van der Waals surface area contributed by atoms with Crippen molar-refractivity contribution >= 4 is 34.2 Å². The Kier molecular flexibility index (Phi) is 4.01. The van der Waals surface area contributed by atoms with Crippen LogP contribution in [-0.2, 0) is 5.88 Å². The number of hydrogen-bond donors (Lipinski definition) is 0. The zero-order valence-electron chi connectivity index (χ0n) is 6.77. The average Bonchev–Trinajstić information content (AvgIpc) is 2.16. The molecule has 0 atom stereocenters. The van der Waals surface area contributed by atoms with Crippen molar-refractivity contribution in [3.63, 3.8) is 0 Å². The first-order valence-electron chi connectivity index (χ1n) is 3.53. The van der Waals surface area contributed by atoms with Gasteiger partial charge >= 0.3 is 0 Å². The lowest BCUT2D eigenvalue weighted by Gasteiger charge is -2.07. The second-order valence-corrected chi connectivity index (χ2v) is 3.70. The number of rotatable bonds is 2. The van der Waals surface area contributed by atoms with Gasteiger partial charge in [0.15, 0.2) is 0 Å². The van der Waals surface area contributed by atoms with Crippen molar-refractivity contribution in [3.8, 4) is 6.07 Å². The predicted octanol–water partition coefficient (Wildman–Crippen LogP) is 3.23. The third-order valence-electron chi connectivity index (χ3n) is 1.62. The van der Waals surface area contributed by atoms with Crippen LogP contribution >= 0.6 is 34.2 Å². The Hall–Kier alpha value is -0.480. The second kappa shape index (κ2) is 4.84. The Morgan fingerprint density at radius 1 is 1.64 bits per heavy atom. The molecule has 6 heteroatoms. The zero-order chi connectivity index (χ0) is 10.7. The zero-order valence-corrected chi connectivity index (χ0v) is 9.68. The highest BCUT2D eigenvalue weighted by atomic mass is 127. The largest absolute Gasteiger partial charge is 0.267 e. The molecule has 0 unspecified atom stereocenters. The molecule has 0 aliphatic rings. The Labute approximate surface area is 98.0 Å². The molecular weight excluding hydrogens is 324 g/mol. The third-order valence-corrected chi connectivity index (χ3v) is 2.77. The fourth-order valence-electron chi connectivity index (χ4n) is 0.977. The fraction of sp³-hybridized carbons (Fsp3) is 0.250. The minimum atomic E-state index is -2.70. The van der Waals surface area contributed by atoms with E-state index in [-0.39, 0.29) is 20.7 Å². The first kappa shape index (κ1) is 11.6. The second-order valence-electron chi connectivity index (χ2n) is 2.41. The summed E-state index contributed by atoms with van der Waals surface area (Å²) in [6.07, 6.45) is -1.36. The van der Waals surface area contributed by atoms with Gasteiger partial charge in [-0.25, -0.2) is 13.8 Å². The molecule has 0 aromatic carbocycles. The minimum absolute atomic E-state index is 0.00648. The number of halogens is 4. The van der Waals surface area contributed by atoms with Crippen LogP contribution in [0.1, 0.15) is 23.1 Å². The van der Waals surface area contributed by atoms with E-state index in [1.807, 2.05) is 0 Å². The molecule has 1 rings (SSSR count). The molecule has 0 aliphatic carbocycles. The molecule has 0 amide bonds. The van der Waals surface area contributed by atoms with Gasteiger partial charge in [-0.2, -0.15) is 5.26 Å². The maximum Gasteiger partial charge on any atom is 0.267 e. The predicted molar refractivity (Wildman–Crippen MR) is 56.2 cm³/mol. The highest BCUT2D eigenvalue weighted by Gasteiger charge is 2.20. The number of nitriles is 1. The number of nitrogens with zero attached hydrogens (tertiary/aromatic N) is 2. The average molecular weight is 328 g/mol. The summed E-state index contributed by atoms with van der Waals surface area (Å²) in [6, 6.07) is 1.73. The minimum Gasteiger partial charge on any atom is -0.249 e. The van der Waals surface area contributed by atoms with Gasteiger partial charge in [-0.05, 0) is 22.6 Å². The van der Waals surface area contributed by atoms with E-state index in [9.17, 15) is 8.78 Å². The summed E-state index contributed by atoms with van der Waals surface area (Å²) in [4.78, 5) is 3.75. The molecule has 1 heterocycles. The van der Waals surface area contributed by atoms with Gasteiger partial charge in [0, 0.05) is 11.8 Å². The van der Waals surface area contributed by atoms with Crippen LogP contribution in [0.25, 0.3) is 0 Å². The van der Waals surface area contributed by atoms with Gasteiger partial charge in [0.25, 0.3) is 6.43 Å². The van der Waals surface area contributed by atoms with E-state index < -0.39 is 6.43 Å². The smallest absolute Gasteiger partial charge is 0.249 e. The van der Waals surface area contributed by atoms with E-state index in [0.717, 1.165) is 0 Å². The number of hydrogen-bond acceptors (Lipinski definition) is 2. The van der Waals surface area contributed by atoms with Gasteiger partial charge in [-0.3, -0.25) is 0 Å². The van der Waals surface area contributed by atoms with Crippen molar-refractivity contribution in [2.75, 3.05) is 0 Å². The molecule has 0 fully saturated rings. The third kappa shape index (κ3) is 2.12. The van der Waals surface area contributed by atoms with Crippen LogP contribution in [0.15, 0.2) is 6.20 Å². The standard InChI is InChI=1S/C8H4ClF2IN2/c9-1-4-3-14-8(12)6(7(10)11)5(4)2-13/h3,7H,1H2. The summed E-state index contributed by atoms with van der Waals surface area (Å²) in [6.45, 7) is 0. The van der Waals surface area contributed by atoms with E-state index in [2.05, 4.69) is 4.98 Å². The van der Waals surface area contributed by atoms with E-state index in [1.54, 1.807) is 28.7 Å². The normalized spacial score (nSPS) is 10.3. The molecule has 0 saturated heterocycles. The lowest BCUT2D eigenvalue weighted by atomic mass is 10.1. The summed E-state index contributed by atoms with van der Waals surface area (Å²) in [7, 11) is 0. The summed E-state index contributed by atoms with van der Waals surface area (Å²) >= 11 is 7.17. The maximum absolute atomic E-state index is 12.6. The molecule has 0 aliphatic heterocycles. The van der Waals surface area contributed by atoms with Gasteiger partial charge in [0.05, 0.1) is 17.0 Å². The fourth-order valence-corrected chi connectivity index (χ4v) is 1.82. The van der Waals surface area contributed by atoms with Gasteiger partial charge in [0.1, 0.15) is 9.77 Å². The molecular formula is C8H4ClF2IN2. The van der Waals surface area contributed by atoms with Crippen LogP contribution in [-0.4, -0.2) is 4.98 Å². The summed E-state index contributed by atoms with van der Waals surface area (Å²) in [5.41, 5.74) is -0.0504. The summed E-state index contributed by atoms with van der Waals surface area (Å²) in [5, 5.41) is 8.73. The molecule has 0 N–H and O–H groups in total. The Bertz CT molecular complexity index is 390. The summed E-state index contributed by atoms with van der Waals surface area (Å²) < 4.78 is 25.2. The van der Waals surface area contributed by atoms with Crippen molar-refractivity contribution in [1.29, 1.82) is 5.26 Å². The van der Waals surface area contributed by atoms with Crippen LogP contribution in [0.3, 0.4) is 0 Å². The number of alkyl halides is 3. The van der Waals surface area contributed by atoms with Crippen molar-refractivity contribution in [2.45, 2.75) is 12.3 Å². The van der Waals surface area contributed by atoms with Crippen molar-refractivity contribution in [2.24, 2.45) is 0 Å². The first-order chi connectivity index (χ1) is 6.61. The maximum atomic E-state index is 12.6. The molecule has 0 spiro atoms. The van der Waals surface area contributed by atoms with Crippen molar-refractivity contribution in [1.82, 2.24) is 4.98 Å². The van der Waals surface area contributed by atoms with Crippen LogP contribution in [0, 0.1) is 15.0 Å². The van der Waals surface area contributed by atoms with Crippen molar-refractivity contribution in [3.05, 3.63) is 26.6 Å². The number of aromatic nitrogens is 1. The molecule has 74 valence electrons. The topological polar surface area (TPSA) is 36.7 Å². The van der Waals surface area contributed by atoms with E-state index >= 15 is 0 Å². The summed E-state index contributed by atoms with van der Waals surface area (Å²) in [5.74, 6) is 0.00648. The highest BCUT2D eigenvalue weighted by Crippen LogP contribution is 2.28. The molecule has 0 saturated carbocycles. The molecule has 2 nitrogen and oxygen atoms in total. The van der Waals surface area contributed by atoms with Crippen LogP contribution in [0.4, 0.5) is 8.78 Å². The monoisotopic (exact) mass is 328 g/mol. The SMILES string of the molecule is N#Cc1c(CCl)cnc(I)c1C(F)F. The van der Waals surface area contributed by atoms with E-state index in [4.69, 9.17) is 16.9 Å². The van der Waals surface area contributed by atoms with Gasteiger partial charge < -0.3 is 0 Å². The van der Waals surface area contributed by atoms with E-state index in [1.165, 1.54) is 6.20 Å². The Balaban J connectivity index is 3.45. The van der Waals surface area contributed by atoms with Crippen LogP contribution in [0.2, 0.25) is 0 Å². The molecule has 14 heavy (non-hydrogen) atoms. The number of pyridine rings is 1. The van der Waals surface area contributed by atoms with Crippen molar-refractivity contribution < 1.29 is 8.78 Å². The quantitative estimate of drug-likeness (QED) is 0.475.